The Balaban J connectivity index is 0.00000182. The first kappa shape index (κ1) is 18.4. The first-order valence-electron chi connectivity index (χ1n) is 8.78. The van der Waals surface area contributed by atoms with Crippen LogP contribution in [0.4, 0.5) is 5.69 Å². The van der Waals surface area contributed by atoms with E-state index in [0.29, 0.717) is 12.0 Å². The number of fused-ring (bicyclic) bond motifs is 1. The van der Waals surface area contributed by atoms with Crippen LogP contribution in [-0.2, 0) is 4.79 Å². The predicted molar refractivity (Wildman–Crippen MR) is 105 cm³/mol. The highest BCUT2D eigenvalue weighted by molar-refractivity contribution is 7.09. The summed E-state index contributed by atoms with van der Waals surface area (Å²) in [4.78, 5) is 17.0. The number of benzene rings is 1. The number of thiazole rings is 1. The van der Waals surface area contributed by atoms with E-state index in [1.165, 1.54) is 25.7 Å². The van der Waals surface area contributed by atoms with Gasteiger partial charge in [-0.05, 0) is 44.2 Å². The van der Waals surface area contributed by atoms with Gasteiger partial charge < -0.3 is 10.6 Å². The van der Waals surface area contributed by atoms with Gasteiger partial charge in [-0.3, -0.25) is 4.79 Å². The zero-order valence-electron chi connectivity index (χ0n) is 14.3. The predicted octanol–water partition coefficient (Wildman–Crippen LogP) is 4.40. The van der Waals surface area contributed by atoms with Crippen molar-refractivity contribution in [2.75, 3.05) is 5.32 Å². The van der Waals surface area contributed by atoms with Crippen LogP contribution < -0.4 is 10.6 Å². The molecule has 4 nitrogen and oxygen atoms in total. The smallest absolute Gasteiger partial charge is 0.241 e. The van der Waals surface area contributed by atoms with Gasteiger partial charge in [-0.2, -0.15) is 0 Å². The lowest BCUT2D eigenvalue weighted by molar-refractivity contribution is -0.117. The number of carbonyl (C=O) groups excluding carboxylic acids is 1. The molecule has 1 saturated carbocycles. The van der Waals surface area contributed by atoms with Gasteiger partial charge in [0.15, 0.2) is 0 Å². The summed E-state index contributed by atoms with van der Waals surface area (Å²) in [5.41, 5.74) is 2.94. The average Bonchev–Trinajstić information content (AvgIpc) is 3.21. The van der Waals surface area contributed by atoms with Gasteiger partial charge in [0.25, 0.3) is 0 Å². The van der Waals surface area contributed by atoms with Crippen LogP contribution >= 0.6 is 23.7 Å². The van der Waals surface area contributed by atoms with Crippen molar-refractivity contribution >= 4 is 35.3 Å². The van der Waals surface area contributed by atoms with Gasteiger partial charge in [-0.1, -0.05) is 25.0 Å². The summed E-state index contributed by atoms with van der Waals surface area (Å²) in [5.74, 6) is 0.784. The molecule has 25 heavy (non-hydrogen) atoms. The van der Waals surface area contributed by atoms with Gasteiger partial charge in [0.05, 0.1) is 16.7 Å². The van der Waals surface area contributed by atoms with Gasteiger partial charge in [0.1, 0.15) is 0 Å². The fourth-order valence-electron chi connectivity index (χ4n) is 3.97. The minimum Gasteiger partial charge on any atom is -0.325 e. The number of hydrogen-bond donors (Lipinski definition) is 2. The fourth-order valence-corrected chi connectivity index (χ4v) is 4.59. The summed E-state index contributed by atoms with van der Waals surface area (Å²) in [7, 11) is 0. The normalized spacial score (nSPS) is 25.1. The van der Waals surface area contributed by atoms with E-state index < -0.39 is 0 Å². The topological polar surface area (TPSA) is 54.0 Å². The maximum Gasteiger partial charge on any atom is 0.241 e. The van der Waals surface area contributed by atoms with Crippen LogP contribution in [0.15, 0.2) is 29.6 Å². The summed E-state index contributed by atoms with van der Waals surface area (Å²) < 4.78 is 0. The number of nitrogens with one attached hydrogen (secondary N) is 2. The van der Waals surface area contributed by atoms with Crippen molar-refractivity contribution in [1.82, 2.24) is 10.3 Å². The number of amides is 1. The summed E-state index contributed by atoms with van der Waals surface area (Å²) in [6, 6.07) is 8.47. The van der Waals surface area contributed by atoms with Crippen LogP contribution in [0.2, 0.25) is 0 Å². The van der Waals surface area contributed by atoms with E-state index >= 15 is 0 Å². The molecule has 2 fully saturated rings. The molecule has 1 aromatic carbocycles. The highest BCUT2D eigenvalue weighted by atomic mass is 35.5. The van der Waals surface area contributed by atoms with Gasteiger partial charge in [0, 0.05) is 22.7 Å². The first-order chi connectivity index (χ1) is 11.7. The molecule has 0 radical (unpaired) electrons. The van der Waals surface area contributed by atoms with Gasteiger partial charge >= 0.3 is 0 Å². The minimum atomic E-state index is -0.0426. The van der Waals surface area contributed by atoms with Gasteiger partial charge in [-0.15, -0.1) is 23.7 Å². The molecule has 6 heteroatoms. The third-order valence-electron chi connectivity index (χ3n) is 5.25. The summed E-state index contributed by atoms with van der Waals surface area (Å²) in [5, 5.41) is 9.72. The molecular weight excluding hydrogens is 354 g/mol. The number of aromatic nitrogens is 1. The number of hydrogen-bond acceptors (Lipinski definition) is 4. The average molecular weight is 378 g/mol. The molecular formula is C19H24ClN3OS. The third kappa shape index (κ3) is 4.05. The Morgan fingerprint density at radius 3 is 2.68 bits per heavy atom. The number of nitrogens with zero attached hydrogens (tertiary/aromatic N) is 1. The summed E-state index contributed by atoms with van der Waals surface area (Å²) >= 11 is 1.65. The molecule has 4 rings (SSSR count). The molecule has 1 aliphatic heterocycles. The maximum atomic E-state index is 12.5. The van der Waals surface area contributed by atoms with Crippen LogP contribution in [0.5, 0.6) is 0 Å². The molecule has 2 aromatic rings. The largest absolute Gasteiger partial charge is 0.325 e. The van der Waals surface area contributed by atoms with Crippen LogP contribution in [0.1, 0.15) is 37.1 Å². The Morgan fingerprint density at radius 2 is 2.00 bits per heavy atom. The van der Waals surface area contributed by atoms with Gasteiger partial charge in [-0.25, -0.2) is 4.98 Å². The lowest BCUT2D eigenvalue weighted by Crippen LogP contribution is -2.39. The number of anilines is 1. The van der Waals surface area contributed by atoms with E-state index in [-0.39, 0.29) is 24.4 Å². The third-order valence-corrected chi connectivity index (χ3v) is 6.02. The van der Waals surface area contributed by atoms with E-state index in [0.717, 1.165) is 28.4 Å². The molecule has 1 aromatic heterocycles. The monoisotopic (exact) mass is 377 g/mol. The van der Waals surface area contributed by atoms with Gasteiger partial charge in [0.2, 0.25) is 5.91 Å². The molecule has 1 saturated heterocycles. The van der Waals surface area contributed by atoms with Crippen LogP contribution in [0.25, 0.3) is 11.3 Å². The number of rotatable bonds is 3. The molecule has 2 heterocycles. The van der Waals surface area contributed by atoms with Crippen molar-refractivity contribution < 1.29 is 4.79 Å². The van der Waals surface area contributed by atoms with Crippen LogP contribution in [-0.4, -0.2) is 23.0 Å². The van der Waals surface area contributed by atoms with Crippen LogP contribution in [0, 0.1) is 12.8 Å². The molecule has 3 atom stereocenters. The Morgan fingerprint density at radius 1 is 1.24 bits per heavy atom. The Kier molecular flexibility index (Phi) is 5.77. The Bertz CT molecular complexity index is 717. The highest BCUT2D eigenvalue weighted by Gasteiger charge is 2.38. The van der Waals surface area contributed by atoms with E-state index in [1.807, 2.05) is 31.2 Å². The van der Waals surface area contributed by atoms with E-state index in [2.05, 4.69) is 21.0 Å². The number of halogens is 1. The molecule has 134 valence electrons. The lowest BCUT2D eigenvalue weighted by atomic mass is 9.85. The zero-order valence-corrected chi connectivity index (χ0v) is 16.0. The molecule has 1 amide bonds. The van der Waals surface area contributed by atoms with Crippen molar-refractivity contribution in [2.24, 2.45) is 5.92 Å². The standard InChI is InChI=1S/C19H23N3OS.ClH/c1-12-20-18(11-24-12)13-6-8-15(9-7-13)21-19(23)17-10-14-4-2-3-5-16(14)22-17;/h6-9,11,14,16-17,22H,2-5,10H2,1H3,(H,21,23);1H. The first-order valence-corrected chi connectivity index (χ1v) is 9.66. The number of aryl methyl sites for hydroxylation is 1. The van der Waals surface area contributed by atoms with Crippen molar-refractivity contribution in [3.63, 3.8) is 0 Å². The zero-order chi connectivity index (χ0) is 16.5. The van der Waals surface area contributed by atoms with Crippen LogP contribution in [0.3, 0.4) is 0 Å². The van der Waals surface area contributed by atoms with Crippen molar-refractivity contribution in [1.29, 1.82) is 0 Å². The lowest BCUT2D eigenvalue weighted by Gasteiger charge is -2.24. The maximum absolute atomic E-state index is 12.5. The second-order valence-corrected chi connectivity index (χ2v) is 7.99. The molecule has 0 spiro atoms. The van der Waals surface area contributed by atoms with E-state index in [1.54, 1.807) is 11.3 Å². The quantitative estimate of drug-likeness (QED) is 0.833. The van der Waals surface area contributed by atoms with Crippen molar-refractivity contribution in [3.05, 3.63) is 34.7 Å². The second kappa shape index (κ2) is 7.85. The molecule has 2 N–H and O–H groups in total. The molecule has 2 aliphatic rings. The molecule has 3 unspecified atom stereocenters. The minimum absolute atomic E-state index is 0. The van der Waals surface area contributed by atoms with E-state index in [9.17, 15) is 4.79 Å². The molecule has 1 aliphatic carbocycles. The van der Waals surface area contributed by atoms with Crippen molar-refractivity contribution in [2.45, 2.75) is 51.1 Å². The molecule has 0 bridgehead atoms. The SMILES string of the molecule is Cc1nc(-c2ccc(NC(=O)C3CC4CCCCC4N3)cc2)cs1.Cl. The summed E-state index contributed by atoms with van der Waals surface area (Å²) in [6.45, 7) is 2.01. The Labute approximate surface area is 158 Å². The highest BCUT2D eigenvalue weighted by Crippen LogP contribution is 2.33. The summed E-state index contributed by atoms with van der Waals surface area (Å²) in [6.07, 6.45) is 6.07. The number of carbonyl (C=O) groups is 1. The van der Waals surface area contributed by atoms with Crippen molar-refractivity contribution in [3.8, 4) is 11.3 Å². The van der Waals surface area contributed by atoms with E-state index in [4.69, 9.17) is 0 Å². The second-order valence-electron chi connectivity index (χ2n) is 6.92. The fraction of sp³-hybridized carbons (Fsp3) is 0.474. The Hall–Kier alpha value is -1.43.